The average molecular weight is 267 g/mol. The molecule has 1 atom stereocenters. The summed E-state index contributed by atoms with van der Waals surface area (Å²) in [5, 5.41) is 8.92. The van der Waals surface area contributed by atoms with E-state index in [0.29, 0.717) is 5.56 Å². The number of carboxylic acid groups (broad SMARTS) is 1. The van der Waals surface area contributed by atoms with Gasteiger partial charge in [0, 0.05) is 17.5 Å². The van der Waals surface area contributed by atoms with E-state index in [1.165, 1.54) is 18.9 Å². The minimum atomic E-state index is -1.01. The number of aryl methyl sites for hydroxylation is 1. The van der Waals surface area contributed by atoms with Crippen LogP contribution in [0.4, 0.5) is 0 Å². The van der Waals surface area contributed by atoms with Gasteiger partial charge < -0.3 is 10.0 Å². The monoisotopic (exact) mass is 267 g/mol. The summed E-state index contributed by atoms with van der Waals surface area (Å²) in [7, 11) is 1.51. The van der Waals surface area contributed by atoms with Crippen LogP contribution in [0, 0.1) is 6.92 Å². The first-order valence-electron chi connectivity index (χ1n) is 5.53. The number of rotatable bonds is 4. The quantitative estimate of drug-likeness (QED) is 0.850. The van der Waals surface area contributed by atoms with Gasteiger partial charge in [-0.2, -0.15) is 0 Å². The number of hydrogen-bond donors (Lipinski definition) is 1. The van der Waals surface area contributed by atoms with Crippen LogP contribution in [-0.2, 0) is 4.79 Å². The number of likely N-dealkylation sites (N-methyl/N-ethyl adjacent to an activating group) is 1. The molecule has 0 radical (unpaired) electrons. The molecule has 0 aromatic heterocycles. The lowest BCUT2D eigenvalue weighted by atomic mass is 10.1. The Morgan fingerprint density at radius 3 is 2.50 bits per heavy atom. The normalized spacial score (nSPS) is 12.0. The number of aliphatic carboxylic acids is 1. The Labute approximate surface area is 111 Å². The molecule has 98 valence electrons. The first-order chi connectivity index (χ1) is 8.38. The largest absolute Gasteiger partial charge is 0.480 e. The fourth-order valence-corrected chi connectivity index (χ4v) is 1.93. The molecule has 0 aliphatic carbocycles. The Hall–Kier alpha value is -1.49. The van der Waals surface area contributed by atoms with Gasteiger partial charge in [0.25, 0.3) is 5.91 Å². The molecule has 0 saturated heterocycles. The van der Waals surface area contributed by atoms with Gasteiger partial charge >= 0.3 is 5.97 Å². The smallest absolute Gasteiger partial charge is 0.326 e. The van der Waals surface area contributed by atoms with Crippen LogP contribution >= 0.6 is 11.8 Å². The van der Waals surface area contributed by atoms with Crippen LogP contribution in [0.15, 0.2) is 23.1 Å². The molecule has 0 bridgehead atoms. The second-order valence-electron chi connectivity index (χ2n) is 4.11. The molecule has 0 fully saturated rings. The molecule has 0 spiro atoms. The van der Waals surface area contributed by atoms with E-state index in [4.69, 9.17) is 5.11 Å². The minimum Gasteiger partial charge on any atom is -0.480 e. The molecule has 0 aliphatic rings. The summed E-state index contributed by atoms with van der Waals surface area (Å²) in [4.78, 5) is 25.4. The number of nitrogens with zero attached hydrogens (tertiary/aromatic N) is 1. The zero-order valence-corrected chi connectivity index (χ0v) is 11.7. The van der Waals surface area contributed by atoms with E-state index >= 15 is 0 Å². The van der Waals surface area contributed by atoms with Crippen molar-refractivity contribution in [3.8, 4) is 0 Å². The molecule has 1 amide bonds. The van der Waals surface area contributed by atoms with Gasteiger partial charge in [-0.05, 0) is 37.8 Å². The lowest BCUT2D eigenvalue weighted by Gasteiger charge is -2.22. The standard InChI is InChI=1S/C13H17NO3S/c1-8-5-6-10(18-4)7-11(8)12(15)14(3)9(2)13(16)17/h5-7,9H,1-4H3,(H,16,17). The van der Waals surface area contributed by atoms with Crippen molar-refractivity contribution in [3.63, 3.8) is 0 Å². The third-order valence-corrected chi connectivity index (χ3v) is 3.66. The van der Waals surface area contributed by atoms with Crippen molar-refractivity contribution >= 4 is 23.6 Å². The molecular weight excluding hydrogens is 250 g/mol. The number of carbonyl (C=O) groups is 2. The molecule has 1 rings (SSSR count). The van der Waals surface area contributed by atoms with E-state index in [2.05, 4.69) is 0 Å². The van der Waals surface area contributed by atoms with E-state index in [-0.39, 0.29) is 5.91 Å². The molecule has 4 nitrogen and oxygen atoms in total. The first-order valence-corrected chi connectivity index (χ1v) is 6.75. The van der Waals surface area contributed by atoms with Gasteiger partial charge in [0.2, 0.25) is 0 Å². The van der Waals surface area contributed by atoms with Crippen molar-refractivity contribution in [2.75, 3.05) is 13.3 Å². The van der Waals surface area contributed by atoms with Gasteiger partial charge in [-0.1, -0.05) is 6.07 Å². The van der Waals surface area contributed by atoms with Crippen molar-refractivity contribution in [1.82, 2.24) is 4.90 Å². The van der Waals surface area contributed by atoms with Gasteiger partial charge in [0.05, 0.1) is 0 Å². The number of carboxylic acids is 1. The molecule has 1 aromatic carbocycles. The molecule has 0 saturated carbocycles. The van der Waals surface area contributed by atoms with Crippen LogP contribution in [0.25, 0.3) is 0 Å². The van der Waals surface area contributed by atoms with Crippen molar-refractivity contribution < 1.29 is 14.7 Å². The lowest BCUT2D eigenvalue weighted by Crippen LogP contribution is -2.40. The number of hydrogen-bond acceptors (Lipinski definition) is 3. The van der Waals surface area contributed by atoms with E-state index < -0.39 is 12.0 Å². The second kappa shape index (κ2) is 5.91. The fourth-order valence-electron chi connectivity index (χ4n) is 1.49. The van der Waals surface area contributed by atoms with Crippen LogP contribution in [0.3, 0.4) is 0 Å². The number of carbonyl (C=O) groups excluding carboxylic acids is 1. The first kappa shape index (κ1) is 14.6. The Balaban J connectivity index is 3.06. The number of benzene rings is 1. The van der Waals surface area contributed by atoms with Crippen LogP contribution in [0.1, 0.15) is 22.8 Å². The highest BCUT2D eigenvalue weighted by molar-refractivity contribution is 7.98. The van der Waals surface area contributed by atoms with Gasteiger partial charge in [0.15, 0.2) is 0 Å². The van der Waals surface area contributed by atoms with Crippen molar-refractivity contribution in [2.45, 2.75) is 24.8 Å². The summed E-state index contributed by atoms with van der Waals surface area (Å²) in [6.07, 6.45) is 1.93. The molecule has 5 heteroatoms. The fraction of sp³-hybridized carbons (Fsp3) is 0.385. The summed E-state index contributed by atoms with van der Waals surface area (Å²) in [5.41, 5.74) is 1.40. The predicted molar refractivity (Wildman–Crippen MR) is 72.2 cm³/mol. The molecular formula is C13H17NO3S. The molecule has 0 aliphatic heterocycles. The van der Waals surface area contributed by atoms with Crippen LogP contribution < -0.4 is 0 Å². The van der Waals surface area contributed by atoms with E-state index in [1.54, 1.807) is 17.8 Å². The molecule has 1 unspecified atom stereocenters. The van der Waals surface area contributed by atoms with Gasteiger partial charge in [-0.3, -0.25) is 4.79 Å². The topological polar surface area (TPSA) is 57.6 Å². The third kappa shape index (κ3) is 3.04. The van der Waals surface area contributed by atoms with Crippen LogP contribution in [0.2, 0.25) is 0 Å². The zero-order chi connectivity index (χ0) is 13.9. The minimum absolute atomic E-state index is 0.265. The number of thioether (sulfide) groups is 1. The average Bonchev–Trinajstić information content (AvgIpc) is 2.36. The maximum Gasteiger partial charge on any atom is 0.326 e. The van der Waals surface area contributed by atoms with E-state index in [9.17, 15) is 9.59 Å². The number of amides is 1. The van der Waals surface area contributed by atoms with Crippen molar-refractivity contribution in [3.05, 3.63) is 29.3 Å². The van der Waals surface area contributed by atoms with Crippen LogP contribution in [0.5, 0.6) is 0 Å². The maximum atomic E-state index is 12.2. The summed E-state index contributed by atoms with van der Waals surface area (Å²) >= 11 is 1.55. The highest BCUT2D eigenvalue weighted by Crippen LogP contribution is 2.20. The molecule has 0 heterocycles. The molecule has 18 heavy (non-hydrogen) atoms. The zero-order valence-electron chi connectivity index (χ0n) is 10.9. The maximum absolute atomic E-state index is 12.2. The van der Waals surface area contributed by atoms with Crippen molar-refractivity contribution in [1.29, 1.82) is 0 Å². The van der Waals surface area contributed by atoms with Gasteiger partial charge in [0.1, 0.15) is 6.04 Å². The predicted octanol–water partition coefficient (Wildman–Crippen LogP) is 2.26. The molecule has 1 N–H and O–H groups in total. The third-order valence-electron chi connectivity index (χ3n) is 2.93. The van der Waals surface area contributed by atoms with E-state index in [0.717, 1.165) is 10.5 Å². The lowest BCUT2D eigenvalue weighted by molar-refractivity contribution is -0.141. The highest BCUT2D eigenvalue weighted by atomic mass is 32.2. The van der Waals surface area contributed by atoms with Crippen molar-refractivity contribution in [2.24, 2.45) is 0 Å². The van der Waals surface area contributed by atoms with E-state index in [1.807, 2.05) is 25.3 Å². The van der Waals surface area contributed by atoms with Gasteiger partial charge in [-0.15, -0.1) is 11.8 Å². The summed E-state index contributed by atoms with van der Waals surface area (Å²) in [6.45, 7) is 3.34. The summed E-state index contributed by atoms with van der Waals surface area (Å²) in [5.74, 6) is -1.28. The highest BCUT2D eigenvalue weighted by Gasteiger charge is 2.23. The van der Waals surface area contributed by atoms with Gasteiger partial charge in [-0.25, -0.2) is 4.79 Å². The summed E-state index contributed by atoms with van der Waals surface area (Å²) in [6, 6.07) is 4.78. The Kier molecular flexibility index (Phi) is 4.78. The second-order valence-corrected chi connectivity index (χ2v) is 4.99. The Morgan fingerprint density at radius 1 is 1.39 bits per heavy atom. The Bertz CT molecular complexity index is 473. The van der Waals surface area contributed by atoms with Crippen LogP contribution in [-0.4, -0.2) is 41.2 Å². The SMILES string of the molecule is CSc1ccc(C)c(C(=O)N(C)C(C)C(=O)O)c1. The molecule has 1 aromatic rings. The Morgan fingerprint density at radius 2 is 2.00 bits per heavy atom. The summed E-state index contributed by atoms with van der Waals surface area (Å²) < 4.78 is 0.